The number of nitrogens with one attached hydrogen (secondary N) is 14. The molecule has 0 aliphatic heterocycles. The standard InChI is InChI=1S/C78H139N19O17S2/c1-43(2)38-58(65(83)101)92-67(103)48(10)85-69(105)56(31-36-115-13)90-77(113)63(49(11)98)96-62(100)42-84-68(104)59(39-44(3)4)94-71(107)53(27-19-22-34-80)86-70(106)52(26-18-21-33-79)88-76(112)61(41-46(7)8)95-73(109)57(32-37-116-14)91-78(114)64(50(12)99)97-74(110)54(28-20-23-35-81)87-72(108)55(30-29-51-24-16-15-17-25-51)89-75(111)60(40-45(5)6)93-66(102)47(9)82/h15-17,24-25,43-50,52-61,63-64,98-99H,18-23,26-42,79-82H2,1-14H3,(H2,83,101)(H,84,104)(H,85,105)(H,86,106)(H,87,108)(H,88,112)(H,89,111)(H,90,113)(H,91,114)(H,92,103)(H,93,102)(H,94,107)(H,95,109)(H,96,100)(H,97,110)/t47-,48-,49+,50+,52-,53-,54-,55-,56-,57-,58-,59-,60-,61-,63-,64-/m0/s1. The number of rotatable bonds is 60. The summed E-state index contributed by atoms with van der Waals surface area (Å²) in [7, 11) is 0. The molecule has 1 rings (SSSR count). The van der Waals surface area contributed by atoms with E-state index in [1.54, 1.807) is 40.2 Å². The van der Waals surface area contributed by atoms with Crippen LogP contribution in [-0.2, 0) is 78.3 Å². The van der Waals surface area contributed by atoms with Crippen LogP contribution in [0.2, 0.25) is 0 Å². The molecule has 0 unspecified atom stereocenters. The summed E-state index contributed by atoms with van der Waals surface area (Å²) < 4.78 is 0. The van der Waals surface area contributed by atoms with Crippen molar-refractivity contribution in [1.82, 2.24) is 74.4 Å². The van der Waals surface area contributed by atoms with E-state index >= 15 is 0 Å². The molecule has 1 aromatic rings. The molecule has 26 N–H and O–H groups in total. The lowest BCUT2D eigenvalue weighted by Gasteiger charge is -2.29. The van der Waals surface area contributed by atoms with E-state index in [4.69, 9.17) is 28.7 Å². The number of amides is 15. The molecular weight excluding hydrogens is 1540 g/mol. The van der Waals surface area contributed by atoms with Crippen LogP contribution < -0.4 is 103 Å². The number of aryl methyl sites for hydroxylation is 1. The molecule has 36 nitrogen and oxygen atoms in total. The van der Waals surface area contributed by atoms with E-state index in [9.17, 15) is 82.1 Å². The smallest absolute Gasteiger partial charge is 0.245 e. The van der Waals surface area contributed by atoms with Crippen molar-refractivity contribution in [3.63, 3.8) is 0 Å². The molecule has 16 atom stereocenters. The van der Waals surface area contributed by atoms with Crippen molar-refractivity contribution < 1.29 is 82.1 Å². The van der Waals surface area contributed by atoms with Crippen LogP contribution in [0.5, 0.6) is 0 Å². The lowest BCUT2D eigenvalue weighted by molar-refractivity contribution is -0.137. The number of nitrogens with two attached hydrogens (primary N) is 5. The zero-order valence-corrected chi connectivity index (χ0v) is 72.1. The Balaban J connectivity index is 3.58. The minimum Gasteiger partial charge on any atom is -0.391 e. The summed E-state index contributed by atoms with van der Waals surface area (Å²) in [6.07, 6.45) is 3.41. The quantitative estimate of drug-likeness (QED) is 0.0306. The van der Waals surface area contributed by atoms with Crippen LogP contribution in [0.3, 0.4) is 0 Å². The van der Waals surface area contributed by atoms with Crippen LogP contribution in [-0.4, -0.2) is 246 Å². The van der Waals surface area contributed by atoms with Gasteiger partial charge in [0.15, 0.2) is 0 Å². The molecule has 660 valence electrons. The number of unbranched alkanes of at least 4 members (excludes halogenated alkanes) is 3. The number of primary amides is 1. The van der Waals surface area contributed by atoms with Crippen molar-refractivity contribution in [3.8, 4) is 0 Å². The maximum Gasteiger partial charge on any atom is 0.245 e. The fourth-order valence-electron chi connectivity index (χ4n) is 12.1. The number of carbonyl (C=O) groups is 15. The number of aliphatic hydroxyl groups excluding tert-OH is 2. The van der Waals surface area contributed by atoms with E-state index < -0.39 is 192 Å². The highest BCUT2D eigenvalue weighted by molar-refractivity contribution is 7.98. The summed E-state index contributed by atoms with van der Waals surface area (Å²) in [5.74, 6) is -12.2. The highest BCUT2D eigenvalue weighted by Crippen LogP contribution is 2.16. The summed E-state index contributed by atoms with van der Waals surface area (Å²) in [4.78, 5) is 209. The number of thioether (sulfide) groups is 2. The predicted octanol–water partition coefficient (Wildman–Crippen LogP) is -2.27. The van der Waals surface area contributed by atoms with E-state index in [0.717, 1.165) is 5.56 Å². The van der Waals surface area contributed by atoms with Gasteiger partial charge in [0, 0.05) is 0 Å². The first-order valence-electron chi connectivity index (χ1n) is 40.4. The molecule has 0 saturated carbocycles. The highest BCUT2D eigenvalue weighted by atomic mass is 32.2. The van der Waals surface area contributed by atoms with Crippen LogP contribution in [0, 0.1) is 23.7 Å². The molecule has 0 aromatic heterocycles. The van der Waals surface area contributed by atoms with Gasteiger partial charge in [0.25, 0.3) is 0 Å². The number of hydrogen-bond acceptors (Lipinski definition) is 23. The Morgan fingerprint density at radius 3 is 1.00 bits per heavy atom. The minimum atomic E-state index is -1.73. The Labute approximate surface area is 692 Å². The lowest BCUT2D eigenvalue weighted by atomic mass is 10.00. The highest BCUT2D eigenvalue weighted by Gasteiger charge is 2.39. The summed E-state index contributed by atoms with van der Waals surface area (Å²) in [6, 6.07) is -9.10. The third-order valence-electron chi connectivity index (χ3n) is 18.5. The summed E-state index contributed by atoms with van der Waals surface area (Å²) in [6.45, 7) is 19.7. The molecule has 0 heterocycles. The Kier molecular flexibility index (Phi) is 52.6. The van der Waals surface area contributed by atoms with Gasteiger partial charge in [-0.15, -0.1) is 0 Å². The first kappa shape index (κ1) is 106. The largest absolute Gasteiger partial charge is 0.391 e. The molecule has 0 radical (unpaired) electrons. The zero-order chi connectivity index (χ0) is 87.9. The van der Waals surface area contributed by atoms with Gasteiger partial charge in [-0.3, -0.25) is 71.9 Å². The Morgan fingerprint density at radius 2 is 0.647 bits per heavy atom. The van der Waals surface area contributed by atoms with Gasteiger partial charge in [-0.25, -0.2) is 0 Å². The van der Waals surface area contributed by atoms with E-state index in [0.29, 0.717) is 50.7 Å². The minimum absolute atomic E-state index is 0.0000134. The van der Waals surface area contributed by atoms with Gasteiger partial charge in [0.05, 0.1) is 24.8 Å². The number of carbonyl (C=O) groups excluding carboxylic acids is 15. The van der Waals surface area contributed by atoms with E-state index in [2.05, 4.69) is 74.4 Å². The van der Waals surface area contributed by atoms with Crippen molar-refractivity contribution in [2.45, 2.75) is 289 Å². The van der Waals surface area contributed by atoms with Crippen molar-refractivity contribution in [1.29, 1.82) is 0 Å². The Hall–Kier alpha value is -8.27. The molecule has 0 aliphatic carbocycles. The fraction of sp³-hybridized carbons (Fsp3) is 0.731. The van der Waals surface area contributed by atoms with Gasteiger partial charge in [-0.1, -0.05) is 85.7 Å². The molecular formula is C78H139N19O17S2. The molecule has 0 aliphatic rings. The van der Waals surface area contributed by atoms with Gasteiger partial charge in [-0.2, -0.15) is 23.5 Å². The van der Waals surface area contributed by atoms with Crippen molar-refractivity contribution in [3.05, 3.63) is 35.9 Å². The second kappa shape index (κ2) is 57.8. The molecule has 116 heavy (non-hydrogen) atoms. The molecule has 38 heteroatoms. The van der Waals surface area contributed by atoms with Gasteiger partial charge in [-0.05, 0) is 210 Å². The second-order valence-corrected chi connectivity index (χ2v) is 33.2. The molecule has 15 amide bonds. The molecule has 0 fully saturated rings. The normalized spacial score (nSPS) is 15.6. The van der Waals surface area contributed by atoms with Crippen LogP contribution in [0.4, 0.5) is 0 Å². The van der Waals surface area contributed by atoms with E-state index in [1.807, 2.05) is 58.0 Å². The van der Waals surface area contributed by atoms with Crippen LogP contribution >= 0.6 is 23.5 Å². The van der Waals surface area contributed by atoms with Gasteiger partial charge >= 0.3 is 0 Å². The van der Waals surface area contributed by atoms with Gasteiger partial charge in [0.2, 0.25) is 88.6 Å². The average molecular weight is 1680 g/mol. The maximum atomic E-state index is 14.7. The predicted molar refractivity (Wildman–Crippen MR) is 447 cm³/mol. The topological polar surface area (TPSA) is 595 Å². The third-order valence-corrected chi connectivity index (χ3v) is 19.8. The molecule has 0 saturated heterocycles. The number of benzene rings is 1. The van der Waals surface area contributed by atoms with E-state index in [-0.39, 0.29) is 113 Å². The first-order chi connectivity index (χ1) is 54.6. The van der Waals surface area contributed by atoms with Crippen molar-refractivity contribution in [2.75, 3.05) is 50.2 Å². The van der Waals surface area contributed by atoms with Gasteiger partial charge in [0.1, 0.15) is 78.5 Å². The molecule has 1 aromatic carbocycles. The molecule has 0 bridgehead atoms. The van der Waals surface area contributed by atoms with Crippen LogP contribution in [0.15, 0.2) is 30.3 Å². The Bertz CT molecular complexity index is 3250. The first-order valence-corrected chi connectivity index (χ1v) is 43.2. The molecule has 0 spiro atoms. The maximum absolute atomic E-state index is 14.7. The van der Waals surface area contributed by atoms with Crippen molar-refractivity contribution >= 4 is 112 Å². The summed E-state index contributed by atoms with van der Waals surface area (Å²) in [5.41, 5.74) is 29.7. The monoisotopic (exact) mass is 1680 g/mol. The van der Waals surface area contributed by atoms with Crippen LogP contribution in [0.1, 0.15) is 191 Å². The lowest BCUT2D eigenvalue weighted by Crippen LogP contribution is -2.62. The van der Waals surface area contributed by atoms with Crippen molar-refractivity contribution in [2.24, 2.45) is 52.3 Å². The summed E-state index contributed by atoms with van der Waals surface area (Å²) in [5, 5.41) is 58.7. The SMILES string of the molecule is CSCC[C@H](NC(=O)[C@@H](NC(=O)CNC(=O)[C@H](CC(C)C)NC(=O)[C@H](CCCCN)NC(=O)[C@H](CCCCN)NC(=O)[C@H](CC(C)C)NC(=O)[C@H](CCSC)NC(=O)[C@@H](NC(=O)[C@H](CCCCN)NC(=O)[C@H](CCc1ccccc1)NC(=O)[C@H](CC(C)C)NC(=O)[C@H](C)N)[C@@H](C)O)[C@@H](C)O)C(=O)N[C@@H](C)C(=O)N[C@@H](CC(C)C)C(N)=O. The Morgan fingerprint density at radius 1 is 0.345 bits per heavy atom. The number of aliphatic hydroxyl groups is 2. The number of hydrogen-bond donors (Lipinski definition) is 21. The fourth-order valence-corrected chi connectivity index (χ4v) is 13.0. The van der Waals surface area contributed by atoms with Gasteiger partial charge < -0.3 is 113 Å². The second-order valence-electron chi connectivity index (χ2n) is 31.2. The third kappa shape index (κ3) is 42.7. The van der Waals surface area contributed by atoms with Crippen LogP contribution in [0.25, 0.3) is 0 Å². The zero-order valence-electron chi connectivity index (χ0n) is 70.4. The van der Waals surface area contributed by atoms with E-state index in [1.165, 1.54) is 51.2 Å². The summed E-state index contributed by atoms with van der Waals surface area (Å²) >= 11 is 2.68. The average Bonchev–Trinajstić information content (AvgIpc) is 0.853.